The third-order valence-electron chi connectivity index (χ3n) is 4.09. The molecule has 0 atom stereocenters. The minimum absolute atomic E-state index is 0.0532. The molecule has 28 heavy (non-hydrogen) atoms. The van der Waals surface area contributed by atoms with Crippen LogP contribution in [0.1, 0.15) is 27.2 Å². The Hall–Kier alpha value is -2.42. The number of rotatable bonds is 5. The van der Waals surface area contributed by atoms with Crippen molar-refractivity contribution in [3.63, 3.8) is 0 Å². The van der Waals surface area contributed by atoms with E-state index in [2.05, 4.69) is 15.0 Å². The molecule has 6 nitrogen and oxygen atoms in total. The number of anilines is 2. The fourth-order valence-corrected chi connectivity index (χ4v) is 4.40. The second-order valence-corrected chi connectivity index (χ2v) is 9.24. The van der Waals surface area contributed by atoms with Crippen molar-refractivity contribution in [3.05, 3.63) is 69.2 Å². The number of halogens is 1. The standard InChI is InChI=1S/C19H18ClN3O3S2/c1-11-4-5-14(8-12(11)2)23-28(25,26)15-6-7-17(20)16(9-15)18(24)22-19-21-13(3)10-27-19/h4-10,23H,1-3H3,(H,21,22,24). The van der Waals surface area contributed by atoms with E-state index in [1.54, 1.807) is 17.5 Å². The van der Waals surface area contributed by atoms with Crippen LogP contribution in [0.2, 0.25) is 5.02 Å². The largest absolute Gasteiger partial charge is 0.298 e. The number of amides is 1. The van der Waals surface area contributed by atoms with Crippen LogP contribution < -0.4 is 10.0 Å². The smallest absolute Gasteiger partial charge is 0.261 e. The van der Waals surface area contributed by atoms with Crippen LogP contribution in [-0.4, -0.2) is 19.3 Å². The van der Waals surface area contributed by atoms with Gasteiger partial charge in [-0.15, -0.1) is 11.3 Å². The fraction of sp³-hybridized carbons (Fsp3) is 0.158. The van der Waals surface area contributed by atoms with Crippen LogP contribution in [0.25, 0.3) is 0 Å². The van der Waals surface area contributed by atoms with Gasteiger partial charge >= 0.3 is 0 Å². The number of carbonyl (C=O) groups excluding carboxylic acids is 1. The molecule has 0 aliphatic carbocycles. The van der Waals surface area contributed by atoms with E-state index in [0.717, 1.165) is 16.8 Å². The average molecular weight is 436 g/mol. The van der Waals surface area contributed by atoms with Crippen LogP contribution in [0.4, 0.5) is 10.8 Å². The monoisotopic (exact) mass is 435 g/mol. The Bertz CT molecular complexity index is 1160. The lowest BCUT2D eigenvalue weighted by Gasteiger charge is -2.11. The third-order valence-corrected chi connectivity index (χ3v) is 6.68. The van der Waals surface area contributed by atoms with E-state index < -0.39 is 15.9 Å². The molecule has 0 fully saturated rings. The van der Waals surface area contributed by atoms with E-state index in [4.69, 9.17) is 11.6 Å². The topological polar surface area (TPSA) is 88.2 Å². The van der Waals surface area contributed by atoms with E-state index in [0.29, 0.717) is 10.8 Å². The van der Waals surface area contributed by atoms with E-state index >= 15 is 0 Å². The molecule has 2 N–H and O–H groups in total. The van der Waals surface area contributed by atoms with Crippen molar-refractivity contribution in [1.29, 1.82) is 0 Å². The third kappa shape index (κ3) is 4.52. The molecule has 1 heterocycles. The summed E-state index contributed by atoms with van der Waals surface area (Å²) in [5, 5.41) is 4.99. The molecule has 3 rings (SSSR count). The number of hydrogen-bond donors (Lipinski definition) is 2. The lowest BCUT2D eigenvalue weighted by atomic mass is 10.1. The number of aryl methyl sites for hydroxylation is 3. The van der Waals surface area contributed by atoms with Crippen LogP contribution in [0.3, 0.4) is 0 Å². The number of nitrogens with zero attached hydrogens (tertiary/aromatic N) is 1. The molecular weight excluding hydrogens is 418 g/mol. The molecule has 2 aromatic carbocycles. The Morgan fingerprint density at radius 3 is 2.46 bits per heavy atom. The van der Waals surface area contributed by atoms with Crippen LogP contribution >= 0.6 is 22.9 Å². The summed E-state index contributed by atoms with van der Waals surface area (Å²) in [6.07, 6.45) is 0. The Morgan fingerprint density at radius 1 is 1.07 bits per heavy atom. The van der Waals surface area contributed by atoms with Crippen LogP contribution in [0.15, 0.2) is 46.7 Å². The van der Waals surface area contributed by atoms with Crippen molar-refractivity contribution in [2.45, 2.75) is 25.7 Å². The van der Waals surface area contributed by atoms with E-state index in [1.807, 2.05) is 26.8 Å². The van der Waals surface area contributed by atoms with Gasteiger partial charge < -0.3 is 0 Å². The fourth-order valence-electron chi connectivity index (χ4n) is 2.44. The molecule has 0 saturated carbocycles. The molecular formula is C19H18ClN3O3S2. The van der Waals surface area contributed by atoms with Gasteiger partial charge in [0.2, 0.25) is 0 Å². The quantitative estimate of drug-likeness (QED) is 0.603. The first kappa shape index (κ1) is 20.3. The highest BCUT2D eigenvalue weighted by Gasteiger charge is 2.20. The zero-order valence-electron chi connectivity index (χ0n) is 15.4. The summed E-state index contributed by atoms with van der Waals surface area (Å²) in [5.41, 5.74) is 3.31. The van der Waals surface area contributed by atoms with Gasteiger partial charge in [-0.05, 0) is 62.2 Å². The van der Waals surface area contributed by atoms with Crippen molar-refractivity contribution < 1.29 is 13.2 Å². The molecule has 0 radical (unpaired) electrons. The highest BCUT2D eigenvalue weighted by atomic mass is 35.5. The number of benzene rings is 2. The lowest BCUT2D eigenvalue weighted by Crippen LogP contribution is -2.16. The SMILES string of the molecule is Cc1csc(NC(=O)c2cc(S(=O)(=O)Nc3ccc(C)c(C)c3)ccc2Cl)n1. The molecule has 146 valence electrons. The second-order valence-electron chi connectivity index (χ2n) is 6.29. The van der Waals surface area contributed by atoms with Gasteiger partial charge in [-0.25, -0.2) is 13.4 Å². The first-order valence-corrected chi connectivity index (χ1v) is 11.0. The summed E-state index contributed by atoms with van der Waals surface area (Å²) in [5.74, 6) is -0.525. The molecule has 1 amide bonds. The van der Waals surface area contributed by atoms with Crippen molar-refractivity contribution >= 4 is 49.7 Å². The van der Waals surface area contributed by atoms with Crippen molar-refractivity contribution in [3.8, 4) is 0 Å². The summed E-state index contributed by atoms with van der Waals surface area (Å²) in [4.78, 5) is 16.6. The number of thiazole rings is 1. The average Bonchev–Trinajstić information content (AvgIpc) is 3.02. The molecule has 0 aliphatic rings. The Labute approximate surface area is 172 Å². The molecule has 0 spiro atoms. The van der Waals surface area contributed by atoms with Crippen LogP contribution in [-0.2, 0) is 10.0 Å². The maximum Gasteiger partial charge on any atom is 0.261 e. The van der Waals surface area contributed by atoms with E-state index in [9.17, 15) is 13.2 Å². The Balaban J connectivity index is 1.88. The van der Waals surface area contributed by atoms with Gasteiger partial charge in [0.1, 0.15) is 0 Å². The zero-order chi connectivity index (χ0) is 20.5. The van der Waals surface area contributed by atoms with Gasteiger partial charge in [-0.3, -0.25) is 14.8 Å². The van der Waals surface area contributed by atoms with Crippen LogP contribution in [0, 0.1) is 20.8 Å². The number of sulfonamides is 1. The summed E-state index contributed by atoms with van der Waals surface area (Å²) < 4.78 is 28.0. The van der Waals surface area contributed by atoms with Crippen LogP contribution in [0.5, 0.6) is 0 Å². The maximum absolute atomic E-state index is 12.7. The van der Waals surface area contributed by atoms with Gasteiger partial charge in [0.15, 0.2) is 5.13 Å². The van der Waals surface area contributed by atoms with Crippen molar-refractivity contribution in [1.82, 2.24) is 4.98 Å². The summed E-state index contributed by atoms with van der Waals surface area (Å²) in [6.45, 7) is 5.66. The molecule has 1 aromatic heterocycles. The second kappa shape index (κ2) is 7.90. The molecule has 0 saturated heterocycles. The zero-order valence-corrected chi connectivity index (χ0v) is 17.8. The summed E-state index contributed by atoms with van der Waals surface area (Å²) >= 11 is 7.39. The lowest BCUT2D eigenvalue weighted by molar-refractivity contribution is 0.102. The highest BCUT2D eigenvalue weighted by Crippen LogP contribution is 2.25. The minimum atomic E-state index is -3.89. The Morgan fingerprint density at radius 2 is 1.82 bits per heavy atom. The molecule has 3 aromatic rings. The molecule has 0 bridgehead atoms. The molecule has 0 aliphatic heterocycles. The van der Waals surface area contributed by atoms with Gasteiger partial charge in [0, 0.05) is 11.1 Å². The van der Waals surface area contributed by atoms with Crippen molar-refractivity contribution in [2.75, 3.05) is 10.0 Å². The first-order valence-electron chi connectivity index (χ1n) is 8.29. The molecule has 9 heteroatoms. The minimum Gasteiger partial charge on any atom is -0.298 e. The van der Waals surface area contributed by atoms with E-state index in [-0.39, 0.29) is 15.5 Å². The van der Waals surface area contributed by atoms with Gasteiger partial charge in [-0.2, -0.15) is 0 Å². The van der Waals surface area contributed by atoms with Gasteiger partial charge in [-0.1, -0.05) is 17.7 Å². The predicted molar refractivity (Wildman–Crippen MR) is 113 cm³/mol. The highest BCUT2D eigenvalue weighted by molar-refractivity contribution is 7.92. The normalized spacial score (nSPS) is 11.3. The number of carbonyl (C=O) groups is 1. The maximum atomic E-state index is 12.7. The summed E-state index contributed by atoms with van der Waals surface area (Å²) in [7, 11) is -3.89. The van der Waals surface area contributed by atoms with Gasteiger partial charge in [0.05, 0.1) is 21.2 Å². The van der Waals surface area contributed by atoms with Crippen molar-refractivity contribution in [2.24, 2.45) is 0 Å². The summed E-state index contributed by atoms with van der Waals surface area (Å²) in [6, 6.07) is 9.27. The number of aromatic nitrogens is 1. The number of nitrogens with one attached hydrogen (secondary N) is 2. The number of hydrogen-bond acceptors (Lipinski definition) is 5. The molecule has 0 unspecified atom stereocenters. The van der Waals surface area contributed by atoms with Gasteiger partial charge in [0.25, 0.3) is 15.9 Å². The Kier molecular flexibility index (Phi) is 5.74. The predicted octanol–water partition coefficient (Wildman–Crippen LogP) is 4.77. The first-order chi connectivity index (χ1) is 13.2. The van der Waals surface area contributed by atoms with E-state index in [1.165, 1.54) is 29.5 Å².